The van der Waals surface area contributed by atoms with Crippen molar-refractivity contribution in [2.45, 2.75) is 57.9 Å². The minimum Gasteiger partial charge on any atom is -0.488 e. The number of nitrogens with one attached hydrogen (secondary N) is 1. The van der Waals surface area contributed by atoms with Gasteiger partial charge in [-0.1, -0.05) is 0 Å². The van der Waals surface area contributed by atoms with Gasteiger partial charge in [0.2, 0.25) is 0 Å². The van der Waals surface area contributed by atoms with Gasteiger partial charge in [0.1, 0.15) is 35.4 Å². The summed E-state index contributed by atoms with van der Waals surface area (Å²) in [4.78, 5) is 4.28. The van der Waals surface area contributed by atoms with E-state index in [2.05, 4.69) is 15.4 Å². The zero-order valence-electron chi connectivity index (χ0n) is 14.7. The maximum absolute atomic E-state index is 13.0. The highest BCUT2D eigenvalue weighted by atomic mass is 19.1. The molecule has 7 heteroatoms. The second kappa shape index (κ2) is 7.93. The lowest BCUT2D eigenvalue weighted by atomic mass is 9.90. The van der Waals surface area contributed by atoms with Crippen LogP contribution in [-0.4, -0.2) is 44.7 Å². The van der Waals surface area contributed by atoms with Gasteiger partial charge < -0.3 is 15.2 Å². The van der Waals surface area contributed by atoms with Gasteiger partial charge in [0.15, 0.2) is 0 Å². The van der Waals surface area contributed by atoms with Crippen molar-refractivity contribution in [1.82, 2.24) is 20.1 Å². The van der Waals surface area contributed by atoms with Crippen molar-refractivity contribution in [2.24, 2.45) is 0 Å². The topological polar surface area (TPSA) is 72.2 Å². The quantitative estimate of drug-likeness (QED) is 0.835. The summed E-state index contributed by atoms with van der Waals surface area (Å²) in [6, 6.07) is 5.89. The molecule has 1 heterocycles. The van der Waals surface area contributed by atoms with Crippen LogP contribution in [0.4, 0.5) is 4.39 Å². The lowest BCUT2D eigenvalue weighted by Crippen LogP contribution is -2.51. The molecule has 3 rings (SSSR count). The number of rotatable bonds is 6. The van der Waals surface area contributed by atoms with E-state index in [9.17, 15) is 9.50 Å². The van der Waals surface area contributed by atoms with Crippen LogP contribution in [0.5, 0.6) is 5.75 Å². The van der Waals surface area contributed by atoms with E-state index in [0.717, 1.165) is 30.9 Å². The first-order valence-corrected chi connectivity index (χ1v) is 8.74. The molecule has 0 amide bonds. The van der Waals surface area contributed by atoms with Crippen LogP contribution in [0.1, 0.15) is 30.9 Å². The fourth-order valence-electron chi connectivity index (χ4n) is 3.31. The number of aryl methyl sites for hydroxylation is 2. The van der Waals surface area contributed by atoms with E-state index in [1.165, 1.54) is 12.1 Å². The fourth-order valence-corrected chi connectivity index (χ4v) is 3.31. The predicted molar refractivity (Wildman–Crippen MR) is 92.0 cm³/mol. The van der Waals surface area contributed by atoms with Gasteiger partial charge in [0.05, 0.1) is 6.54 Å². The van der Waals surface area contributed by atoms with Crippen LogP contribution in [0.3, 0.4) is 0 Å². The molecule has 1 aliphatic carbocycles. The van der Waals surface area contributed by atoms with Gasteiger partial charge in [-0.15, -0.1) is 0 Å². The Kier molecular flexibility index (Phi) is 5.65. The number of ether oxygens (including phenoxy) is 1. The summed E-state index contributed by atoms with van der Waals surface area (Å²) < 4.78 is 20.7. The van der Waals surface area contributed by atoms with Crippen LogP contribution in [-0.2, 0) is 6.54 Å². The molecule has 0 spiro atoms. The van der Waals surface area contributed by atoms with Crippen molar-refractivity contribution in [1.29, 1.82) is 0 Å². The lowest BCUT2D eigenvalue weighted by molar-refractivity contribution is -0.0154. The fraction of sp³-hybridized carbons (Fsp3) is 0.556. The molecule has 1 aromatic carbocycles. The Hall–Kier alpha value is -1.99. The van der Waals surface area contributed by atoms with Gasteiger partial charge >= 0.3 is 0 Å². The van der Waals surface area contributed by atoms with Gasteiger partial charge in [-0.25, -0.2) is 14.1 Å². The normalized spacial score (nSPS) is 23.6. The molecule has 136 valence electrons. The summed E-state index contributed by atoms with van der Waals surface area (Å²) in [5, 5.41) is 18.3. The molecule has 2 aromatic rings. The molecule has 0 aliphatic heterocycles. The molecule has 0 unspecified atom stereocenters. The standard InChI is InChI=1S/C18H25FN4O2/c1-12-21-13(2)23(22-12)11-10-20-16-4-3-5-17(18(16)24)25-15-8-6-14(19)7-9-15/h6-9,16-18,20,24H,3-5,10-11H2,1-2H3/t16-,17+,18+/m0/s1. The van der Waals surface area contributed by atoms with Crippen molar-refractivity contribution in [3.8, 4) is 5.75 Å². The number of hydrogen-bond acceptors (Lipinski definition) is 5. The summed E-state index contributed by atoms with van der Waals surface area (Å²) in [6.45, 7) is 5.22. The highest BCUT2D eigenvalue weighted by Crippen LogP contribution is 2.24. The number of aromatic nitrogens is 3. The molecule has 0 bridgehead atoms. The van der Waals surface area contributed by atoms with Gasteiger partial charge in [-0.05, 0) is 57.4 Å². The summed E-state index contributed by atoms with van der Waals surface area (Å²) >= 11 is 0. The number of nitrogens with zero attached hydrogens (tertiary/aromatic N) is 3. The first-order chi connectivity index (χ1) is 12.0. The Morgan fingerprint density at radius 2 is 2.04 bits per heavy atom. The molecule has 3 atom stereocenters. The molecule has 25 heavy (non-hydrogen) atoms. The van der Waals surface area contributed by atoms with Crippen LogP contribution in [0.2, 0.25) is 0 Å². The van der Waals surface area contributed by atoms with E-state index < -0.39 is 6.10 Å². The maximum Gasteiger partial charge on any atom is 0.147 e. The van der Waals surface area contributed by atoms with E-state index in [1.807, 2.05) is 18.5 Å². The highest BCUT2D eigenvalue weighted by molar-refractivity contribution is 5.22. The van der Waals surface area contributed by atoms with Crippen LogP contribution in [0, 0.1) is 19.7 Å². The van der Waals surface area contributed by atoms with E-state index in [4.69, 9.17) is 4.74 Å². The second-order valence-corrected chi connectivity index (χ2v) is 6.52. The molecular formula is C18H25FN4O2. The largest absolute Gasteiger partial charge is 0.488 e. The van der Waals surface area contributed by atoms with Gasteiger partial charge in [0.25, 0.3) is 0 Å². The van der Waals surface area contributed by atoms with Crippen molar-refractivity contribution in [2.75, 3.05) is 6.54 Å². The average molecular weight is 348 g/mol. The Bertz CT molecular complexity index is 689. The second-order valence-electron chi connectivity index (χ2n) is 6.52. The van der Waals surface area contributed by atoms with E-state index in [0.29, 0.717) is 18.8 Å². The Labute approximate surface area is 147 Å². The van der Waals surface area contributed by atoms with Gasteiger partial charge in [-0.2, -0.15) is 5.10 Å². The van der Waals surface area contributed by atoms with Crippen LogP contribution >= 0.6 is 0 Å². The molecule has 1 aromatic heterocycles. The smallest absolute Gasteiger partial charge is 0.147 e. The van der Waals surface area contributed by atoms with Crippen molar-refractivity contribution in [3.05, 3.63) is 41.7 Å². The molecule has 2 N–H and O–H groups in total. The molecule has 0 saturated heterocycles. The first-order valence-electron chi connectivity index (χ1n) is 8.74. The predicted octanol–water partition coefficient (Wildman–Crippen LogP) is 1.98. The lowest BCUT2D eigenvalue weighted by Gasteiger charge is -2.35. The van der Waals surface area contributed by atoms with Gasteiger partial charge in [-0.3, -0.25) is 0 Å². The van der Waals surface area contributed by atoms with E-state index in [1.54, 1.807) is 12.1 Å². The molecule has 6 nitrogen and oxygen atoms in total. The number of aliphatic hydroxyl groups is 1. The minimum atomic E-state index is -0.600. The first kappa shape index (κ1) is 17.8. The summed E-state index contributed by atoms with van der Waals surface area (Å²) in [5.74, 6) is 1.94. The van der Waals surface area contributed by atoms with Crippen molar-refractivity contribution in [3.63, 3.8) is 0 Å². The van der Waals surface area contributed by atoms with Crippen molar-refractivity contribution < 1.29 is 14.2 Å². The highest BCUT2D eigenvalue weighted by Gasteiger charge is 2.33. The average Bonchev–Trinajstić information content (AvgIpc) is 2.90. The molecular weight excluding hydrogens is 323 g/mol. The van der Waals surface area contributed by atoms with Crippen LogP contribution in [0.15, 0.2) is 24.3 Å². The maximum atomic E-state index is 13.0. The Morgan fingerprint density at radius 1 is 1.28 bits per heavy atom. The van der Waals surface area contributed by atoms with E-state index >= 15 is 0 Å². The van der Waals surface area contributed by atoms with Crippen molar-refractivity contribution >= 4 is 0 Å². The Balaban J connectivity index is 1.51. The number of benzene rings is 1. The summed E-state index contributed by atoms with van der Waals surface area (Å²) in [6.07, 6.45) is 1.78. The summed E-state index contributed by atoms with van der Waals surface area (Å²) in [5.41, 5.74) is 0. The zero-order valence-corrected chi connectivity index (χ0v) is 14.7. The zero-order chi connectivity index (χ0) is 17.8. The third-order valence-electron chi connectivity index (χ3n) is 4.59. The summed E-state index contributed by atoms with van der Waals surface area (Å²) in [7, 11) is 0. The number of halogens is 1. The molecule has 0 radical (unpaired) electrons. The molecule has 1 fully saturated rings. The Morgan fingerprint density at radius 3 is 2.72 bits per heavy atom. The molecule has 1 saturated carbocycles. The van der Waals surface area contributed by atoms with Crippen LogP contribution in [0.25, 0.3) is 0 Å². The number of aliphatic hydroxyl groups excluding tert-OH is 1. The van der Waals surface area contributed by atoms with Crippen LogP contribution < -0.4 is 10.1 Å². The van der Waals surface area contributed by atoms with E-state index in [-0.39, 0.29) is 18.0 Å². The third-order valence-corrected chi connectivity index (χ3v) is 4.59. The SMILES string of the molecule is Cc1nc(C)n(CCN[C@H]2CCC[C@@H](Oc3ccc(F)cc3)[C@@H]2O)n1. The van der Waals surface area contributed by atoms with Gasteiger partial charge in [0, 0.05) is 12.6 Å². The number of hydrogen-bond donors (Lipinski definition) is 2. The third kappa shape index (κ3) is 4.55. The monoisotopic (exact) mass is 348 g/mol. The minimum absolute atomic E-state index is 0.0240. The molecule has 1 aliphatic rings.